The molecule has 0 bridgehead atoms. The summed E-state index contributed by atoms with van der Waals surface area (Å²) in [6.45, 7) is 2.94. The lowest BCUT2D eigenvalue weighted by molar-refractivity contribution is -0.141. The number of carbonyl (C=O) groups is 1. The number of carbonyl (C=O) groups excluding carboxylic acids is 1. The molecule has 1 amide bonds. The number of nitrogens with one attached hydrogen (secondary N) is 1. The molecule has 13 heteroatoms. The molecule has 2 aromatic carbocycles. The van der Waals surface area contributed by atoms with Gasteiger partial charge in [-0.2, -0.15) is 23.5 Å². The predicted molar refractivity (Wildman–Crippen MR) is 164 cm³/mol. The Morgan fingerprint density at radius 3 is 2.61 bits per heavy atom. The molecule has 3 heterocycles. The third kappa shape index (κ3) is 6.61. The van der Waals surface area contributed by atoms with E-state index in [9.17, 15) is 23.2 Å². The first-order valence-corrected chi connectivity index (χ1v) is 14.7. The first-order chi connectivity index (χ1) is 21.1. The van der Waals surface area contributed by atoms with Gasteiger partial charge in [-0.25, -0.2) is 4.98 Å². The number of thiocarbonyl (C=S) groups is 1. The van der Waals surface area contributed by atoms with Crippen molar-refractivity contribution >= 4 is 41.1 Å². The van der Waals surface area contributed by atoms with Gasteiger partial charge in [-0.3, -0.25) is 14.4 Å². The number of pyridine rings is 1. The second-order valence-corrected chi connectivity index (χ2v) is 11.0. The third-order valence-electron chi connectivity index (χ3n) is 6.77. The number of hydrogen-bond donors (Lipinski definition) is 1. The highest BCUT2D eigenvalue weighted by atomic mass is 32.2. The van der Waals surface area contributed by atoms with Gasteiger partial charge in [0.05, 0.1) is 25.4 Å². The minimum absolute atomic E-state index is 0.0466. The van der Waals surface area contributed by atoms with Crippen molar-refractivity contribution < 1.29 is 22.7 Å². The van der Waals surface area contributed by atoms with Crippen molar-refractivity contribution in [2.45, 2.75) is 37.0 Å². The number of nitriles is 1. The summed E-state index contributed by atoms with van der Waals surface area (Å²) in [4.78, 5) is 18.5. The molecule has 1 fully saturated rings. The zero-order chi connectivity index (χ0) is 31.4. The van der Waals surface area contributed by atoms with Crippen molar-refractivity contribution in [1.82, 2.24) is 25.0 Å². The molecular weight excluding hydrogens is 610 g/mol. The highest BCUT2D eigenvalue weighted by molar-refractivity contribution is 7.98. The van der Waals surface area contributed by atoms with E-state index in [1.165, 1.54) is 12.0 Å². The van der Waals surface area contributed by atoms with Gasteiger partial charge in [0.15, 0.2) is 5.11 Å². The maximum Gasteiger partial charge on any atom is 0.433 e. The molecule has 1 saturated heterocycles. The van der Waals surface area contributed by atoms with E-state index in [0.29, 0.717) is 29.0 Å². The molecule has 4 aromatic rings. The van der Waals surface area contributed by atoms with Crippen molar-refractivity contribution in [2.75, 3.05) is 7.11 Å². The molecule has 8 nitrogen and oxygen atoms in total. The quantitative estimate of drug-likeness (QED) is 0.128. The Balaban J connectivity index is 1.42. The number of thioether (sulfide) groups is 1. The van der Waals surface area contributed by atoms with Crippen LogP contribution in [0.5, 0.6) is 5.75 Å². The summed E-state index contributed by atoms with van der Waals surface area (Å²) in [5, 5.41) is 17.4. The molecule has 0 saturated carbocycles. The Hall–Kier alpha value is -4.67. The van der Waals surface area contributed by atoms with E-state index >= 15 is 0 Å². The van der Waals surface area contributed by atoms with Crippen LogP contribution in [0.2, 0.25) is 0 Å². The molecule has 0 spiro atoms. The van der Waals surface area contributed by atoms with Crippen molar-refractivity contribution in [1.29, 1.82) is 5.26 Å². The molecule has 224 valence electrons. The molecule has 44 heavy (non-hydrogen) atoms. The number of aryl methyl sites for hydroxylation is 1. The van der Waals surface area contributed by atoms with Crippen LogP contribution in [0.4, 0.5) is 13.2 Å². The lowest BCUT2D eigenvalue weighted by atomic mass is 10.0. The van der Waals surface area contributed by atoms with Crippen LogP contribution in [-0.4, -0.2) is 37.8 Å². The summed E-state index contributed by atoms with van der Waals surface area (Å²) in [5.74, 6) is 0.334. The Morgan fingerprint density at radius 2 is 1.95 bits per heavy atom. The number of ether oxygens (including phenoxy) is 1. The number of aromatic nitrogens is 3. The zero-order valence-electron chi connectivity index (χ0n) is 23.6. The normalized spacial score (nSPS) is 14.2. The SMILES string of the molecule is CCn1cc(CN2C(=O)/C(=C\c3ccc(OC)c(CSc4nc(C(F)(F)F)cc(-c5ccccc5)c4C#N)c3)NC2=S)cn1. The minimum Gasteiger partial charge on any atom is -0.496 e. The Bertz CT molecular complexity index is 1800. The molecular formula is C31H25F3N6O2S2. The van der Waals surface area contributed by atoms with Crippen LogP contribution >= 0.6 is 24.0 Å². The lowest BCUT2D eigenvalue weighted by Crippen LogP contribution is -2.29. The number of methoxy groups -OCH3 is 1. The molecule has 1 aliphatic rings. The Morgan fingerprint density at radius 1 is 1.18 bits per heavy atom. The first-order valence-electron chi connectivity index (χ1n) is 13.3. The maximum atomic E-state index is 13.8. The van der Waals surface area contributed by atoms with E-state index in [1.807, 2.05) is 19.2 Å². The zero-order valence-corrected chi connectivity index (χ0v) is 25.2. The van der Waals surface area contributed by atoms with Crippen LogP contribution in [-0.2, 0) is 29.8 Å². The molecule has 2 aromatic heterocycles. The van der Waals surface area contributed by atoms with Gasteiger partial charge in [-0.05, 0) is 54.5 Å². The Labute approximate surface area is 261 Å². The monoisotopic (exact) mass is 634 g/mol. The molecule has 0 aliphatic carbocycles. The molecule has 5 rings (SSSR count). The highest BCUT2D eigenvalue weighted by Crippen LogP contribution is 2.38. The van der Waals surface area contributed by atoms with E-state index in [1.54, 1.807) is 65.5 Å². The van der Waals surface area contributed by atoms with Crippen LogP contribution in [0.1, 0.15) is 34.9 Å². The van der Waals surface area contributed by atoms with Gasteiger partial charge >= 0.3 is 6.18 Å². The van der Waals surface area contributed by atoms with Crippen LogP contribution in [0, 0.1) is 11.3 Å². The van der Waals surface area contributed by atoms with Gasteiger partial charge < -0.3 is 10.1 Å². The van der Waals surface area contributed by atoms with Crippen molar-refractivity contribution in [3.05, 3.63) is 101 Å². The second-order valence-electron chi connectivity index (χ2n) is 9.65. The number of hydrogen-bond acceptors (Lipinski definition) is 7. The lowest BCUT2D eigenvalue weighted by Gasteiger charge is -2.15. The van der Waals surface area contributed by atoms with Crippen molar-refractivity contribution in [3.8, 4) is 22.9 Å². The molecule has 0 unspecified atom stereocenters. The number of rotatable bonds is 9. The predicted octanol–water partition coefficient (Wildman–Crippen LogP) is 6.41. The smallest absolute Gasteiger partial charge is 0.433 e. The van der Waals surface area contributed by atoms with Gasteiger partial charge in [-0.1, -0.05) is 36.4 Å². The van der Waals surface area contributed by atoms with Crippen molar-refractivity contribution in [3.63, 3.8) is 0 Å². The highest BCUT2D eigenvalue weighted by Gasteiger charge is 2.35. The summed E-state index contributed by atoms with van der Waals surface area (Å²) >= 11 is 6.40. The van der Waals surface area contributed by atoms with Gasteiger partial charge in [0.2, 0.25) is 0 Å². The Kier molecular flexibility index (Phi) is 9.03. The fraction of sp³-hybridized carbons (Fsp3) is 0.194. The summed E-state index contributed by atoms with van der Waals surface area (Å²) < 4.78 is 48.7. The topological polar surface area (TPSA) is 96.1 Å². The summed E-state index contributed by atoms with van der Waals surface area (Å²) in [6, 6.07) is 16.6. The van der Waals surface area contributed by atoms with Crippen LogP contribution < -0.4 is 10.1 Å². The van der Waals surface area contributed by atoms with Crippen LogP contribution in [0.3, 0.4) is 0 Å². The summed E-state index contributed by atoms with van der Waals surface area (Å²) in [5.41, 5.74) is 1.98. The number of nitrogens with zero attached hydrogens (tertiary/aromatic N) is 5. The fourth-order valence-corrected chi connectivity index (χ4v) is 5.84. The van der Waals surface area contributed by atoms with Gasteiger partial charge in [-0.15, -0.1) is 11.8 Å². The largest absolute Gasteiger partial charge is 0.496 e. The number of amides is 1. The minimum atomic E-state index is -4.71. The standard InChI is InChI=1S/C31H25F3N6O2S2/c1-3-39-16-20(15-36-39)17-40-29(41)25(37-30(40)43)12-19-9-10-26(42-2)22(11-19)18-44-28-24(14-35)23(21-7-5-4-6-8-21)13-27(38-28)31(32,33)34/h4-13,15-16H,3,17-18H2,1-2H3,(H,37,43)/b25-12+. The average Bonchev–Trinajstić information content (AvgIpc) is 3.59. The van der Waals surface area contributed by atoms with E-state index in [2.05, 4.69) is 15.4 Å². The molecule has 1 N–H and O–H groups in total. The fourth-order valence-electron chi connectivity index (χ4n) is 4.60. The van der Waals surface area contributed by atoms with Crippen LogP contribution in [0.15, 0.2) is 77.7 Å². The van der Waals surface area contributed by atoms with E-state index < -0.39 is 11.9 Å². The summed E-state index contributed by atoms with van der Waals surface area (Å²) in [7, 11) is 1.48. The number of alkyl halides is 3. The van der Waals surface area contributed by atoms with Crippen LogP contribution in [0.25, 0.3) is 17.2 Å². The van der Waals surface area contributed by atoms with Gasteiger partial charge in [0, 0.05) is 35.2 Å². The molecule has 0 radical (unpaired) electrons. The van der Waals surface area contributed by atoms with E-state index in [-0.39, 0.29) is 45.2 Å². The molecule has 1 aliphatic heterocycles. The summed E-state index contributed by atoms with van der Waals surface area (Å²) in [6.07, 6.45) is 0.482. The van der Waals surface area contributed by atoms with Gasteiger partial charge in [0.25, 0.3) is 5.91 Å². The van der Waals surface area contributed by atoms with Crippen molar-refractivity contribution in [2.24, 2.45) is 0 Å². The number of benzene rings is 2. The van der Waals surface area contributed by atoms with E-state index in [4.69, 9.17) is 17.0 Å². The third-order valence-corrected chi connectivity index (χ3v) is 8.11. The maximum absolute atomic E-state index is 13.8. The average molecular weight is 635 g/mol. The molecule has 0 atom stereocenters. The van der Waals surface area contributed by atoms with E-state index in [0.717, 1.165) is 23.4 Å². The van der Waals surface area contributed by atoms with Gasteiger partial charge in [0.1, 0.15) is 28.2 Å². The first kappa shape index (κ1) is 30.8. The number of halogens is 3. The second kappa shape index (κ2) is 12.9.